The molecule has 30 heavy (non-hydrogen) atoms. The summed E-state index contributed by atoms with van der Waals surface area (Å²) in [6.07, 6.45) is 4.37. The molecule has 9 heteroatoms. The molecule has 2 aromatic heterocycles. The molecule has 1 aromatic carbocycles. The summed E-state index contributed by atoms with van der Waals surface area (Å²) < 4.78 is 7.34. The number of hydrogen-bond acceptors (Lipinski definition) is 5. The molecule has 0 radical (unpaired) electrons. The molecule has 1 unspecified atom stereocenters. The maximum atomic E-state index is 13.1. The van der Waals surface area contributed by atoms with E-state index in [4.69, 9.17) is 16.3 Å². The molecule has 1 atom stereocenters. The van der Waals surface area contributed by atoms with Gasteiger partial charge in [0.2, 0.25) is 0 Å². The van der Waals surface area contributed by atoms with Gasteiger partial charge in [0.25, 0.3) is 5.56 Å². The summed E-state index contributed by atoms with van der Waals surface area (Å²) >= 11 is 7.40. The molecule has 0 aliphatic carbocycles. The number of carbonyl (C=O) groups is 1. The highest BCUT2D eigenvalue weighted by Gasteiger charge is 2.27. The van der Waals surface area contributed by atoms with Gasteiger partial charge in [-0.05, 0) is 49.1 Å². The molecular formula is C21H21ClN4O3S. The van der Waals surface area contributed by atoms with Crippen LogP contribution in [0.25, 0.3) is 10.2 Å². The summed E-state index contributed by atoms with van der Waals surface area (Å²) in [4.78, 5) is 33.9. The summed E-state index contributed by atoms with van der Waals surface area (Å²) in [6.45, 7) is 2.33. The van der Waals surface area contributed by atoms with Gasteiger partial charge < -0.3 is 15.0 Å². The quantitative estimate of drug-likeness (QED) is 0.665. The third kappa shape index (κ3) is 3.71. The lowest BCUT2D eigenvalue weighted by atomic mass is 10.1. The minimum atomic E-state index is -0.163. The van der Waals surface area contributed by atoms with Gasteiger partial charge in [-0.1, -0.05) is 11.6 Å². The molecule has 1 saturated heterocycles. The number of anilines is 1. The number of halogens is 1. The molecule has 3 aromatic rings. The number of hydrogen-bond donors (Lipinski definition) is 1. The predicted molar refractivity (Wildman–Crippen MR) is 117 cm³/mol. The van der Waals surface area contributed by atoms with E-state index < -0.39 is 0 Å². The van der Waals surface area contributed by atoms with Crippen molar-refractivity contribution in [3.05, 3.63) is 56.4 Å². The highest BCUT2D eigenvalue weighted by molar-refractivity contribution is 7.18. The zero-order valence-corrected chi connectivity index (χ0v) is 17.8. The maximum absolute atomic E-state index is 13.1. The number of urea groups is 1. The van der Waals surface area contributed by atoms with Gasteiger partial charge in [0.05, 0.1) is 30.9 Å². The Labute approximate surface area is 182 Å². The lowest BCUT2D eigenvalue weighted by Crippen LogP contribution is -2.38. The van der Waals surface area contributed by atoms with Gasteiger partial charge in [-0.25, -0.2) is 9.78 Å². The van der Waals surface area contributed by atoms with Crippen molar-refractivity contribution in [2.45, 2.75) is 38.5 Å². The number of aromatic nitrogens is 2. The third-order valence-corrected chi connectivity index (χ3v) is 7.01. The van der Waals surface area contributed by atoms with E-state index in [1.165, 1.54) is 11.3 Å². The molecule has 2 aliphatic rings. The standard InChI is InChI=1S/C21H21ClN4O3S/c22-13-3-5-14(6-4-13)24-21(28)25-8-7-16-17(11-25)30-19-18(16)20(27)26(12-23-19)10-15-2-1-9-29-15/h3-6,12,15H,1-2,7-11H2,(H,24,28). The second kappa shape index (κ2) is 8.02. The largest absolute Gasteiger partial charge is 0.376 e. The summed E-state index contributed by atoms with van der Waals surface area (Å²) in [5.74, 6) is 0. The number of thiophene rings is 1. The molecule has 0 saturated carbocycles. The zero-order valence-electron chi connectivity index (χ0n) is 16.3. The van der Waals surface area contributed by atoms with Gasteiger partial charge in [-0.3, -0.25) is 9.36 Å². The van der Waals surface area contributed by atoms with Gasteiger partial charge >= 0.3 is 6.03 Å². The third-order valence-electron chi connectivity index (χ3n) is 5.63. The topological polar surface area (TPSA) is 76.5 Å². The lowest BCUT2D eigenvalue weighted by molar-refractivity contribution is 0.0960. The van der Waals surface area contributed by atoms with Crippen molar-refractivity contribution in [1.29, 1.82) is 0 Å². The number of nitrogens with one attached hydrogen (secondary N) is 1. The van der Waals surface area contributed by atoms with Crippen LogP contribution in [0.4, 0.5) is 10.5 Å². The van der Waals surface area contributed by atoms with Gasteiger partial charge in [-0.15, -0.1) is 11.3 Å². The number of rotatable bonds is 3. The fraction of sp³-hybridized carbons (Fsp3) is 0.381. The van der Waals surface area contributed by atoms with E-state index >= 15 is 0 Å². The number of benzene rings is 1. The first kappa shape index (κ1) is 19.5. The van der Waals surface area contributed by atoms with Crippen LogP contribution in [0.3, 0.4) is 0 Å². The summed E-state index contributed by atoms with van der Waals surface area (Å²) in [7, 11) is 0. The number of ether oxygens (including phenoxy) is 1. The second-order valence-electron chi connectivity index (χ2n) is 7.63. The van der Waals surface area contributed by atoms with E-state index in [0.29, 0.717) is 42.2 Å². The lowest BCUT2D eigenvalue weighted by Gasteiger charge is -2.27. The molecule has 0 spiro atoms. The smallest absolute Gasteiger partial charge is 0.322 e. The van der Waals surface area contributed by atoms with Gasteiger partial charge in [-0.2, -0.15) is 0 Å². The van der Waals surface area contributed by atoms with E-state index in [1.54, 1.807) is 40.1 Å². The van der Waals surface area contributed by atoms with E-state index in [9.17, 15) is 9.59 Å². The van der Waals surface area contributed by atoms with Crippen molar-refractivity contribution in [2.24, 2.45) is 0 Å². The van der Waals surface area contributed by atoms with Gasteiger partial charge in [0.15, 0.2) is 0 Å². The van der Waals surface area contributed by atoms with Crippen LogP contribution >= 0.6 is 22.9 Å². The average Bonchev–Trinajstić information content (AvgIpc) is 3.39. The minimum absolute atomic E-state index is 0.00735. The summed E-state index contributed by atoms with van der Waals surface area (Å²) in [5.41, 5.74) is 1.72. The van der Waals surface area contributed by atoms with Crippen molar-refractivity contribution in [2.75, 3.05) is 18.5 Å². The van der Waals surface area contributed by atoms with Crippen molar-refractivity contribution in [3.63, 3.8) is 0 Å². The summed E-state index contributed by atoms with van der Waals surface area (Å²) in [5, 5.41) is 4.23. The Balaban J connectivity index is 1.36. The van der Waals surface area contributed by atoms with E-state index in [2.05, 4.69) is 10.3 Å². The minimum Gasteiger partial charge on any atom is -0.376 e. The average molecular weight is 445 g/mol. The van der Waals surface area contributed by atoms with Crippen LogP contribution in [0.1, 0.15) is 23.3 Å². The molecule has 1 N–H and O–H groups in total. The molecular weight excluding hydrogens is 424 g/mol. The van der Waals surface area contributed by atoms with Crippen molar-refractivity contribution in [1.82, 2.24) is 14.5 Å². The first-order valence-corrected chi connectivity index (χ1v) is 11.2. The van der Waals surface area contributed by atoms with Crippen LogP contribution in [-0.2, 0) is 24.2 Å². The van der Waals surface area contributed by atoms with Crippen LogP contribution in [0.5, 0.6) is 0 Å². The van der Waals surface area contributed by atoms with Crippen molar-refractivity contribution in [3.8, 4) is 0 Å². The Kier molecular flexibility index (Phi) is 5.22. The van der Waals surface area contributed by atoms with Gasteiger partial charge in [0, 0.05) is 28.7 Å². The molecule has 7 nitrogen and oxygen atoms in total. The first-order chi connectivity index (χ1) is 14.6. The molecule has 0 bridgehead atoms. The monoisotopic (exact) mass is 444 g/mol. The van der Waals surface area contributed by atoms with Crippen molar-refractivity contribution < 1.29 is 9.53 Å². The Bertz CT molecular complexity index is 1150. The van der Waals surface area contributed by atoms with E-state index in [1.807, 2.05) is 0 Å². The Morgan fingerprint density at radius 2 is 2.17 bits per heavy atom. The predicted octanol–water partition coefficient (Wildman–Crippen LogP) is 3.88. The van der Waals surface area contributed by atoms with E-state index in [0.717, 1.165) is 34.7 Å². The number of nitrogens with zero attached hydrogens (tertiary/aromatic N) is 3. The number of amides is 2. The second-order valence-corrected chi connectivity index (χ2v) is 9.15. The van der Waals surface area contributed by atoms with Crippen LogP contribution in [0, 0.1) is 0 Å². The Morgan fingerprint density at radius 1 is 1.33 bits per heavy atom. The van der Waals surface area contributed by atoms with Crippen LogP contribution in [0.2, 0.25) is 5.02 Å². The number of carbonyl (C=O) groups excluding carboxylic acids is 1. The van der Waals surface area contributed by atoms with Crippen molar-refractivity contribution >= 4 is 44.9 Å². The molecule has 5 rings (SSSR count). The van der Waals surface area contributed by atoms with E-state index in [-0.39, 0.29) is 17.7 Å². The normalized spacial score (nSPS) is 18.6. The molecule has 4 heterocycles. The summed E-state index contributed by atoms with van der Waals surface area (Å²) in [6, 6.07) is 6.87. The molecule has 2 aliphatic heterocycles. The van der Waals surface area contributed by atoms with Crippen LogP contribution in [-0.4, -0.2) is 39.7 Å². The fourth-order valence-corrected chi connectivity index (χ4v) is 5.39. The fourth-order valence-electron chi connectivity index (χ4n) is 4.07. The van der Waals surface area contributed by atoms with Crippen LogP contribution < -0.4 is 10.9 Å². The number of fused-ring (bicyclic) bond motifs is 3. The molecule has 1 fully saturated rings. The molecule has 2 amide bonds. The highest BCUT2D eigenvalue weighted by atomic mass is 35.5. The van der Waals surface area contributed by atoms with Crippen LogP contribution in [0.15, 0.2) is 35.4 Å². The maximum Gasteiger partial charge on any atom is 0.322 e. The van der Waals surface area contributed by atoms with Gasteiger partial charge in [0.1, 0.15) is 4.83 Å². The Morgan fingerprint density at radius 3 is 2.93 bits per heavy atom. The Hall–Kier alpha value is -2.42. The highest BCUT2D eigenvalue weighted by Crippen LogP contribution is 2.32. The molecule has 156 valence electrons. The first-order valence-electron chi connectivity index (χ1n) is 10.0. The SMILES string of the molecule is O=C(Nc1ccc(Cl)cc1)N1CCc2c(sc3ncn(CC4CCCO4)c(=O)c23)C1. The zero-order chi connectivity index (χ0) is 20.7.